The van der Waals surface area contributed by atoms with Crippen molar-refractivity contribution in [1.82, 2.24) is 4.57 Å². The predicted molar refractivity (Wildman–Crippen MR) is 90.7 cm³/mol. The molecule has 3 rings (SSSR count). The van der Waals surface area contributed by atoms with Gasteiger partial charge >= 0.3 is 5.97 Å². The van der Waals surface area contributed by atoms with Crippen molar-refractivity contribution in [3.05, 3.63) is 63.6 Å². The van der Waals surface area contributed by atoms with Gasteiger partial charge in [-0.05, 0) is 30.4 Å². The minimum atomic E-state index is -1.32. The van der Waals surface area contributed by atoms with E-state index in [0.717, 1.165) is 19.3 Å². The van der Waals surface area contributed by atoms with E-state index in [0.29, 0.717) is 6.54 Å². The Balaban J connectivity index is 1.96. The summed E-state index contributed by atoms with van der Waals surface area (Å²) in [5.74, 6) is -1.60. The van der Waals surface area contributed by atoms with Gasteiger partial charge in [0.25, 0.3) is 0 Å². The number of rotatable bonds is 3. The molecule has 2 aromatic rings. The molecule has 1 unspecified atom stereocenters. The van der Waals surface area contributed by atoms with Crippen LogP contribution in [0.25, 0.3) is 0 Å². The third kappa shape index (κ3) is 3.35. The molecule has 5 heteroatoms. The molecule has 0 bridgehead atoms. The van der Waals surface area contributed by atoms with Crippen LogP contribution in [-0.2, 0) is 13.0 Å². The van der Waals surface area contributed by atoms with Crippen LogP contribution in [0.2, 0.25) is 0 Å². The summed E-state index contributed by atoms with van der Waals surface area (Å²) >= 11 is 0. The Hall–Kier alpha value is -2.56. The number of aromatic carboxylic acids is 1. The van der Waals surface area contributed by atoms with Gasteiger partial charge in [-0.1, -0.05) is 37.1 Å². The lowest BCUT2D eigenvalue weighted by Gasteiger charge is -2.24. The molecule has 126 valence electrons. The first-order valence-corrected chi connectivity index (χ1v) is 8.30. The van der Waals surface area contributed by atoms with E-state index >= 15 is 0 Å². The molecule has 0 spiro atoms. The summed E-state index contributed by atoms with van der Waals surface area (Å²) in [6.07, 6.45) is 8.21. The average molecular weight is 327 g/mol. The molecule has 1 atom stereocenters. The van der Waals surface area contributed by atoms with Gasteiger partial charge in [-0.3, -0.25) is 4.79 Å². The van der Waals surface area contributed by atoms with Gasteiger partial charge < -0.3 is 14.8 Å². The van der Waals surface area contributed by atoms with E-state index in [9.17, 15) is 14.7 Å². The van der Waals surface area contributed by atoms with Crippen LogP contribution in [0.4, 0.5) is 0 Å². The monoisotopic (exact) mass is 327 g/mol. The summed E-state index contributed by atoms with van der Waals surface area (Å²) in [6.45, 7) is 0.547. The maximum atomic E-state index is 11.7. The maximum Gasteiger partial charge on any atom is 0.341 e. The maximum absolute atomic E-state index is 11.7. The van der Waals surface area contributed by atoms with Crippen molar-refractivity contribution in [2.24, 2.45) is 0 Å². The van der Waals surface area contributed by atoms with Crippen molar-refractivity contribution in [3.63, 3.8) is 0 Å². The van der Waals surface area contributed by atoms with Crippen LogP contribution < -0.4 is 5.43 Å². The molecule has 0 aliphatic heterocycles. The smallest absolute Gasteiger partial charge is 0.341 e. The number of aryl methyl sites for hydroxylation is 1. The van der Waals surface area contributed by atoms with Crippen molar-refractivity contribution in [2.75, 3.05) is 0 Å². The normalized spacial score (nSPS) is 17.6. The van der Waals surface area contributed by atoms with Crippen molar-refractivity contribution < 1.29 is 15.0 Å². The van der Waals surface area contributed by atoms with Crippen molar-refractivity contribution in [1.29, 1.82) is 0 Å². The fraction of sp³-hybridized carbons (Fsp3) is 0.368. The molecular formula is C19H21NO4. The first-order chi connectivity index (χ1) is 11.6. The minimum Gasteiger partial charge on any atom is -0.503 e. The number of aromatic nitrogens is 1. The molecule has 1 aromatic heterocycles. The number of aromatic hydroxyl groups is 1. The van der Waals surface area contributed by atoms with Crippen LogP contribution in [0.15, 0.2) is 41.5 Å². The second kappa shape index (κ2) is 6.91. The van der Waals surface area contributed by atoms with E-state index in [1.165, 1.54) is 36.4 Å². The van der Waals surface area contributed by atoms with Gasteiger partial charge in [0.05, 0.1) is 0 Å². The fourth-order valence-corrected chi connectivity index (χ4v) is 3.52. The molecule has 0 fully saturated rings. The van der Waals surface area contributed by atoms with Crippen LogP contribution in [0.5, 0.6) is 5.75 Å². The summed E-state index contributed by atoms with van der Waals surface area (Å²) < 4.78 is 1.63. The third-order valence-electron chi connectivity index (χ3n) is 4.72. The quantitative estimate of drug-likeness (QED) is 0.907. The van der Waals surface area contributed by atoms with E-state index in [2.05, 4.69) is 12.1 Å². The lowest BCUT2D eigenvalue weighted by molar-refractivity contribution is 0.0693. The Labute approximate surface area is 140 Å². The van der Waals surface area contributed by atoms with Crippen molar-refractivity contribution in [3.8, 4) is 5.75 Å². The molecule has 5 nitrogen and oxygen atoms in total. The Morgan fingerprint density at radius 1 is 1.17 bits per heavy atom. The van der Waals surface area contributed by atoms with Gasteiger partial charge in [-0.2, -0.15) is 0 Å². The largest absolute Gasteiger partial charge is 0.503 e. The summed E-state index contributed by atoms with van der Waals surface area (Å²) in [4.78, 5) is 22.9. The number of nitrogens with zero attached hydrogens (tertiary/aromatic N) is 1. The summed E-state index contributed by atoms with van der Waals surface area (Å²) in [5, 5.41) is 18.9. The molecule has 2 N–H and O–H groups in total. The van der Waals surface area contributed by atoms with Crippen LogP contribution in [0, 0.1) is 0 Å². The van der Waals surface area contributed by atoms with E-state index < -0.39 is 22.7 Å². The third-order valence-corrected chi connectivity index (χ3v) is 4.72. The second-order valence-electron chi connectivity index (χ2n) is 6.38. The number of hydrogen-bond donors (Lipinski definition) is 2. The van der Waals surface area contributed by atoms with E-state index in [1.807, 2.05) is 12.1 Å². The zero-order chi connectivity index (χ0) is 17.1. The molecule has 1 aromatic carbocycles. The summed E-state index contributed by atoms with van der Waals surface area (Å²) in [6, 6.07) is 8.36. The van der Waals surface area contributed by atoms with Gasteiger partial charge in [-0.15, -0.1) is 0 Å². The summed E-state index contributed by atoms with van der Waals surface area (Å²) in [5.41, 5.74) is 1.39. The highest BCUT2D eigenvalue weighted by Gasteiger charge is 2.19. The molecule has 1 heterocycles. The topological polar surface area (TPSA) is 79.5 Å². The second-order valence-corrected chi connectivity index (χ2v) is 6.38. The van der Waals surface area contributed by atoms with E-state index in [-0.39, 0.29) is 5.92 Å². The highest BCUT2D eigenvalue weighted by atomic mass is 16.4. The number of fused-ring (bicyclic) bond motifs is 1. The van der Waals surface area contributed by atoms with Crippen LogP contribution in [-0.4, -0.2) is 20.7 Å². The Bertz CT molecular complexity index is 809. The van der Waals surface area contributed by atoms with Gasteiger partial charge in [0, 0.05) is 24.9 Å². The fourth-order valence-electron chi connectivity index (χ4n) is 3.52. The standard InChI is InChI=1S/C19H21NO4/c21-17-12-20(11-16(18(17)22)19(23)24)10-14-8-3-1-2-6-13-7-4-5-9-15(13)14/h4-5,7,9,11-12,14,21H,1-3,6,8,10H2,(H,23,24). The van der Waals surface area contributed by atoms with Crippen LogP contribution in [0.3, 0.4) is 0 Å². The number of hydrogen-bond acceptors (Lipinski definition) is 3. The lowest BCUT2D eigenvalue weighted by Crippen LogP contribution is -2.20. The van der Waals surface area contributed by atoms with Crippen LogP contribution in [0.1, 0.15) is 53.1 Å². The van der Waals surface area contributed by atoms with Crippen LogP contribution >= 0.6 is 0 Å². The molecule has 1 aliphatic carbocycles. The zero-order valence-electron chi connectivity index (χ0n) is 13.4. The first-order valence-electron chi connectivity index (χ1n) is 8.30. The molecule has 0 saturated heterocycles. The molecule has 0 saturated carbocycles. The number of carboxylic acid groups (broad SMARTS) is 1. The van der Waals surface area contributed by atoms with Crippen molar-refractivity contribution in [2.45, 2.75) is 44.6 Å². The Morgan fingerprint density at radius 3 is 2.75 bits per heavy atom. The molecule has 24 heavy (non-hydrogen) atoms. The Morgan fingerprint density at radius 2 is 1.96 bits per heavy atom. The van der Waals surface area contributed by atoms with Gasteiger partial charge in [0.2, 0.25) is 5.43 Å². The van der Waals surface area contributed by atoms with E-state index in [4.69, 9.17) is 5.11 Å². The Kier molecular flexibility index (Phi) is 4.69. The van der Waals surface area contributed by atoms with Gasteiger partial charge in [0.15, 0.2) is 5.75 Å². The SMILES string of the molecule is O=C(O)c1cn(CC2CCCCCc3ccccc32)cc(O)c1=O. The number of carbonyl (C=O) groups is 1. The van der Waals surface area contributed by atoms with Gasteiger partial charge in [-0.25, -0.2) is 4.79 Å². The minimum absolute atomic E-state index is 0.241. The number of pyridine rings is 1. The average Bonchev–Trinajstić information content (AvgIpc) is 2.54. The molecular weight excluding hydrogens is 306 g/mol. The predicted octanol–water partition coefficient (Wildman–Crippen LogP) is 3.15. The summed E-state index contributed by atoms with van der Waals surface area (Å²) in [7, 11) is 0. The lowest BCUT2D eigenvalue weighted by atomic mass is 9.85. The number of benzene rings is 1. The van der Waals surface area contributed by atoms with E-state index in [1.54, 1.807) is 4.57 Å². The molecule has 1 aliphatic rings. The highest BCUT2D eigenvalue weighted by Crippen LogP contribution is 2.31. The molecule has 0 radical (unpaired) electrons. The molecule has 0 amide bonds. The first kappa shape index (κ1) is 16.3. The zero-order valence-corrected chi connectivity index (χ0v) is 13.4. The number of carboxylic acids is 1. The van der Waals surface area contributed by atoms with Crippen molar-refractivity contribution >= 4 is 5.97 Å². The highest BCUT2D eigenvalue weighted by molar-refractivity contribution is 5.87. The van der Waals surface area contributed by atoms with Gasteiger partial charge in [0.1, 0.15) is 5.56 Å².